The number of aryl methyl sites for hydroxylation is 2. The highest BCUT2D eigenvalue weighted by molar-refractivity contribution is 5.81. The van der Waals surface area contributed by atoms with Crippen LogP contribution in [0.25, 0.3) is 16.7 Å². The zero-order valence-electron chi connectivity index (χ0n) is 19.5. The number of benzene rings is 2. The van der Waals surface area contributed by atoms with E-state index in [4.69, 9.17) is 4.79 Å². The van der Waals surface area contributed by atoms with Crippen LogP contribution in [0.1, 0.15) is 64.5 Å². The molecule has 0 fully saturated rings. The average Bonchev–Trinajstić information content (AvgIpc) is 3.22. The largest absolute Gasteiger partial charge is 0.506 e. The number of carbonyl (C=O) groups is 1. The first-order chi connectivity index (χ1) is 14.5. The molecule has 0 saturated carbocycles. The molecule has 0 amide bonds. The molecule has 1 heterocycles. The van der Waals surface area contributed by atoms with E-state index in [1.807, 2.05) is 55.5 Å². The normalized spacial score (nSPS) is 8.80. The summed E-state index contributed by atoms with van der Waals surface area (Å²) >= 11 is 0. The lowest BCUT2D eigenvalue weighted by Gasteiger charge is -2.10. The number of carbonyl (C=O) groups excluding carboxylic acids is 1. The van der Waals surface area contributed by atoms with Crippen LogP contribution >= 0.6 is 0 Å². The summed E-state index contributed by atoms with van der Waals surface area (Å²) in [5, 5.41) is 10.0. The quantitative estimate of drug-likeness (QED) is 0.472. The molecule has 0 unspecified atom stereocenters. The first-order valence-corrected chi connectivity index (χ1v) is 10.3. The van der Waals surface area contributed by atoms with Crippen LogP contribution in [0.4, 0.5) is 0 Å². The smallest absolute Gasteiger partial charge is 0.139 e. The molecule has 2 aromatic carbocycles. The molecular weight excluding hydrogens is 372 g/mol. The fourth-order valence-electron chi connectivity index (χ4n) is 2.32. The van der Waals surface area contributed by atoms with Gasteiger partial charge in [0.1, 0.15) is 18.9 Å². The van der Waals surface area contributed by atoms with Gasteiger partial charge in [0, 0.05) is 0 Å². The highest BCUT2D eigenvalue weighted by atomic mass is 16.3. The molecule has 4 nitrogen and oxygen atoms in total. The van der Waals surface area contributed by atoms with Crippen molar-refractivity contribution in [3.63, 3.8) is 0 Å². The number of aromatic nitrogens is 2. The van der Waals surface area contributed by atoms with Crippen molar-refractivity contribution < 1.29 is 9.90 Å². The van der Waals surface area contributed by atoms with Crippen LogP contribution in [0.15, 0.2) is 42.7 Å². The Labute approximate surface area is 183 Å². The van der Waals surface area contributed by atoms with Gasteiger partial charge in [-0.2, -0.15) is 0 Å². The third-order valence-corrected chi connectivity index (χ3v) is 4.24. The number of rotatable bonds is 3. The maximum atomic E-state index is 10.0. The highest BCUT2D eigenvalue weighted by Crippen LogP contribution is 2.29. The lowest BCUT2D eigenvalue weighted by molar-refractivity contribution is -0.0979. The second kappa shape index (κ2) is 18.0. The number of aromatic hydroxyl groups is 1. The van der Waals surface area contributed by atoms with Gasteiger partial charge in [-0.25, -0.2) is 4.98 Å². The van der Waals surface area contributed by atoms with Gasteiger partial charge in [-0.3, -0.25) is 4.57 Å². The Balaban J connectivity index is 0. The molecule has 3 aromatic rings. The number of phenols is 1. The van der Waals surface area contributed by atoms with Gasteiger partial charge < -0.3 is 9.90 Å². The van der Waals surface area contributed by atoms with Gasteiger partial charge in [0.2, 0.25) is 0 Å². The van der Waals surface area contributed by atoms with Crippen molar-refractivity contribution in [3.05, 3.63) is 53.9 Å². The maximum absolute atomic E-state index is 10.0. The lowest BCUT2D eigenvalue weighted by atomic mass is 10.1. The summed E-state index contributed by atoms with van der Waals surface area (Å²) in [6, 6.07) is 11.6. The average molecular weight is 411 g/mol. The van der Waals surface area contributed by atoms with Crippen molar-refractivity contribution in [3.8, 4) is 24.3 Å². The zero-order chi connectivity index (χ0) is 23.5. The summed E-state index contributed by atoms with van der Waals surface area (Å²) in [5.74, 6) is 0.274. The third-order valence-electron chi connectivity index (χ3n) is 4.24. The summed E-state index contributed by atoms with van der Waals surface area (Å²) in [5.41, 5.74) is 4.94. The number of hydrogen-bond donors (Lipinski definition) is 1. The molecule has 4 heteroatoms. The highest BCUT2D eigenvalue weighted by Gasteiger charge is 2.11. The Bertz CT molecular complexity index is 822. The summed E-state index contributed by atoms with van der Waals surface area (Å²) in [7, 11) is 0. The number of hydrogen-bond acceptors (Lipinski definition) is 3. The molecule has 0 aliphatic rings. The molecule has 164 valence electrons. The van der Waals surface area contributed by atoms with Gasteiger partial charge in [0.25, 0.3) is 0 Å². The van der Waals surface area contributed by atoms with E-state index in [1.165, 1.54) is 25.7 Å². The summed E-state index contributed by atoms with van der Waals surface area (Å²) in [6.45, 7) is 14.7. The SMILES string of the molecule is C#C.C=O.CCCC.CCCC.Cc1cccc(O)c1-n1cnc2c(C)cccc21. The molecule has 0 saturated heterocycles. The molecule has 0 aliphatic carbocycles. The van der Waals surface area contributed by atoms with Gasteiger partial charge >= 0.3 is 0 Å². The molecule has 1 N–H and O–H groups in total. The van der Waals surface area contributed by atoms with Crippen molar-refractivity contribution in [1.29, 1.82) is 0 Å². The number of phenolic OH excluding ortho intramolecular Hbond substituents is 1. The topological polar surface area (TPSA) is 55.1 Å². The first-order valence-electron chi connectivity index (χ1n) is 10.3. The fraction of sp³-hybridized carbons (Fsp3) is 0.385. The van der Waals surface area contributed by atoms with Gasteiger partial charge in [0.05, 0.1) is 16.7 Å². The molecule has 0 atom stereocenters. The van der Waals surface area contributed by atoms with Crippen molar-refractivity contribution in [1.82, 2.24) is 9.55 Å². The Kier molecular flexibility index (Phi) is 17.5. The number of nitrogens with zero attached hydrogens (tertiary/aromatic N) is 2. The third kappa shape index (κ3) is 8.96. The predicted molar refractivity (Wildman–Crippen MR) is 130 cm³/mol. The van der Waals surface area contributed by atoms with Crippen molar-refractivity contribution in [2.45, 2.75) is 67.2 Å². The van der Waals surface area contributed by atoms with E-state index in [2.05, 4.69) is 45.5 Å². The van der Waals surface area contributed by atoms with E-state index >= 15 is 0 Å². The first kappa shape index (κ1) is 29.1. The van der Waals surface area contributed by atoms with Gasteiger partial charge in [0.15, 0.2) is 0 Å². The molecule has 1 aromatic heterocycles. The summed E-state index contributed by atoms with van der Waals surface area (Å²) in [4.78, 5) is 12.4. The molecule has 0 spiro atoms. The number of unbranched alkanes of at least 4 members (excludes halogenated alkanes) is 2. The Morgan fingerprint density at radius 3 is 1.80 bits per heavy atom. The van der Waals surface area contributed by atoms with E-state index in [9.17, 15) is 5.11 Å². The van der Waals surface area contributed by atoms with Crippen LogP contribution in [-0.4, -0.2) is 21.4 Å². The number of terminal acetylenes is 1. The molecule has 0 aliphatic heterocycles. The fourth-order valence-corrected chi connectivity index (χ4v) is 2.32. The predicted octanol–water partition coefficient (Wildman–Crippen LogP) is 7.03. The van der Waals surface area contributed by atoms with Crippen LogP contribution in [0.3, 0.4) is 0 Å². The molecular formula is C26H38N2O2. The van der Waals surface area contributed by atoms with Crippen molar-refractivity contribution >= 4 is 17.8 Å². The van der Waals surface area contributed by atoms with E-state index in [0.717, 1.165) is 27.8 Å². The number of imidazole rings is 1. The molecule has 0 radical (unpaired) electrons. The summed E-state index contributed by atoms with van der Waals surface area (Å²) < 4.78 is 1.94. The Hall–Kier alpha value is -3.06. The van der Waals surface area contributed by atoms with Crippen molar-refractivity contribution in [2.24, 2.45) is 0 Å². The van der Waals surface area contributed by atoms with Crippen LogP contribution in [0.5, 0.6) is 5.75 Å². The zero-order valence-corrected chi connectivity index (χ0v) is 19.5. The Morgan fingerprint density at radius 2 is 1.33 bits per heavy atom. The minimum atomic E-state index is 0.274. The van der Waals surface area contributed by atoms with Crippen LogP contribution in [0, 0.1) is 26.7 Å². The number of fused-ring (bicyclic) bond motifs is 1. The van der Waals surface area contributed by atoms with Gasteiger partial charge in [-0.15, -0.1) is 12.8 Å². The maximum Gasteiger partial charge on any atom is 0.139 e. The van der Waals surface area contributed by atoms with Crippen molar-refractivity contribution in [2.75, 3.05) is 0 Å². The van der Waals surface area contributed by atoms with E-state index < -0.39 is 0 Å². The van der Waals surface area contributed by atoms with E-state index in [1.54, 1.807) is 12.4 Å². The monoisotopic (exact) mass is 410 g/mol. The Morgan fingerprint density at radius 1 is 0.867 bits per heavy atom. The lowest BCUT2D eigenvalue weighted by Crippen LogP contribution is -1.95. The second-order valence-corrected chi connectivity index (χ2v) is 6.50. The van der Waals surface area contributed by atoms with Gasteiger partial charge in [-0.05, 0) is 37.1 Å². The van der Waals surface area contributed by atoms with Crippen LogP contribution < -0.4 is 0 Å². The number of para-hydroxylation sites is 2. The minimum absolute atomic E-state index is 0.274. The van der Waals surface area contributed by atoms with Gasteiger partial charge in [-0.1, -0.05) is 77.6 Å². The van der Waals surface area contributed by atoms with E-state index in [-0.39, 0.29) is 5.75 Å². The standard InChI is InChI=1S/C15H14N2O.2C4H10.C2H2.CH2O/c1-10-5-3-7-12-14(10)16-9-17(12)15-11(2)6-4-8-13(15)18;2*1-3-4-2;2*1-2/h3-9,18H,1-2H3;2*3-4H2,1-2H3;1-2H;1H2. The van der Waals surface area contributed by atoms with E-state index in [0.29, 0.717) is 0 Å². The second-order valence-electron chi connectivity index (χ2n) is 6.50. The summed E-state index contributed by atoms with van der Waals surface area (Å²) in [6.07, 6.45) is 15.0. The molecule has 3 rings (SSSR count). The molecule has 0 bridgehead atoms. The van der Waals surface area contributed by atoms with Crippen LogP contribution in [-0.2, 0) is 4.79 Å². The minimum Gasteiger partial charge on any atom is -0.506 e. The van der Waals surface area contributed by atoms with Crippen LogP contribution in [0.2, 0.25) is 0 Å². The molecule has 30 heavy (non-hydrogen) atoms.